The highest BCUT2D eigenvalue weighted by atomic mass is 16.5. The highest BCUT2D eigenvalue weighted by Gasteiger charge is 2.30. The average molecular weight is 759 g/mol. The topological polar surface area (TPSA) is 95.1 Å². The Morgan fingerprint density at radius 3 is 1.29 bits per heavy atom. The van der Waals surface area contributed by atoms with Crippen LogP contribution >= 0.6 is 0 Å². The Morgan fingerprint density at radius 2 is 0.929 bits per heavy atom. The second kappa shape index (κ2) is 18.3. The minimum absolute atomic E-state index is 0.00833. The van der Waals surface area contributed by atoms with E-state index in [9.17, 15) is 9.59 Å². The van der Waals surface area contributed by atoms with E-state index in [1.54, 1.807) is 13.8 Å². The van der Waals surface area contributed by atoms with Crippen LogP contribution < -0.4 is 29.6 Å². The van der Waals surface area contributed by atoms with Gasteiger partial charge in [-0.1, -0.05) is 48.5 Å². The van der Waals surface area contributed by atoms with Gasteiger partial charge in [-0.15, -0.1) is 0 Å². The van der Waals surface area contributed by atoms with Crippen LogP contribution in [0.1, 0.15) is 86.8 Å². The first-order valence-electron chi connectivity index (χ1n) is 20.7. The van der Waals surface area contributed by atoms with Crippen molar-refractivity contribution in [3.63, 3.8) is 0 Å². The van der Waals surface area contributed by atoms with Crippen molar-refractivity contribution in [1.82, 2.24) is 10.6 Å². The molecular formula is C48H58N2O6. The molecule has 2 amide bonds. The number of rotatable bonds is 16. The third-order valence-corrected chi connectivity index (χ3v) is 11.3. The molecule has 56 heavy (non-hydrogen) atoms. The summed E-state index contributed by atoms with van der Waals surface area (Å²) in [6.45, 7) is 8.80. The molecule has 0 bridgehead atoms. The SMILES string of the molecule is CC(=O)N[C@@H](C)[C@@H]1Cc2ccc(CCc3ccc(OCC4CC4)cc3)cc2O1.CC(=O)N[C@H](C)[C@H]1Cc2ccc(CCc3ccc(OCC4CC4)cc3)cc2O1. The van der Waals surface area contributed by atoms with Gasteiger partial charge in [0.25, 0.3) is 0 Å². The van der Waals surface area contributed by atoms with E-state index in [4.69, 9.17) is 18.9 Å². The van der Waals surface area contributed by atoms with Gasteiger partial charge in [0.15, 0.2) is 0 Å². The highest BCUT2D eigenvalue weighted by Crippen LogP contribution is 2.34. The summed E-state index contributed by atoms with van der Waals surface area (Å²) in [5.41, 5.74) is 7.64. The molecule has 4 aromatic rings. The lowest BCUT2D eigenvalue weighted by atomic mass is 10.0. The first-order valence-corrected chi connectivity index (χ1v) is 20.7. The van der Waals surface area contributed by atoms with Crippen LogP contribution in [0.3, 0.4) is 0 Å². The van der Waals surface area contributed by atoms with Gasteiger partial charge in [-0.25, -0.2) is 0 Å². The van der Waals surface area contributed by atoms with Gasteiger partial charge in [0.05, 0.1) is 25.3 Å². The monoisotopic (exact) mass is 758 g/mol. The van der Waals surface area contributed by atoms with Crippen LogP contribution in [0.25, 0.3) is 0 Å². The lowest BCUT2D eigenvalue weighted by molar-refractivity contribution is -0.121. The number of benzene rings is 4. The molecule has 4 atom stereocenters. The summed E-state index contributed by atoms with van der Waals surface area (Å²) in [4.78, 5) is 22.5. The number of nitrogens with one attached hydrogen (secondary N) is 2. The quantitative estimate of drug-likeness (QED) is 0.120. The standard InChI is InChI=1S/2C24H29NO3/c2*1-16(25-17(2)26)23-14-21-10-7-19(13-24(21)28-23)4-3-18-8-11-22(12-9-18)27-15-20-5-6-20/h2*7-13,16,20,23H,3-6,14-15H2,1-2H3,(H,25,26)/t2*16-,23-/m10/s1. The molecule has 0 saturated heterocycles. The number of carbonyl (C=O) groups excluding carboxylic acids is 2. The summed E-state index contributed by atoms with van der Waals surface area (Å²) in [7, 11) is 0. The number of hydrogen-bond donors (Lipinski definition) is 2. The van der Waals surface area contributed by atoms with Crippen molar-refractivity contribution in [2.75, 3.05) is 13.2 Å². The molecule has 4 aromatic carbocycles. The van der Waals surface area contributed by atoms with E-state index < -0.39 is 0 Å². The zero-order valence-electron chi connectivity index (χ0n) is 33.5. The van der Waals surface area contributed by atoms with E-state index in [-0.39, 0.29) is 36.1 Å². The molecule has 2 fully saturated rings. The van der Waals surface area contributed by atoms with Gasteiger partial charge in [-0.2, -0.15) is 0 Å². The van der Waals surface area contributed by atoms with Gasteiger partial charge < -0.3 is 29.6 Å². The third kappa shape index (κ3) is 11.5. The minimum Gasteiger partial charge on any atom is -0.493 e. The summed E-state index contributed by atoms with van der Waals surface area (Å²) in [6.07, 6.45) is 10.9. The molecule has 2 aliphatic carbocycles. The zero-order chi connectivity index (χ0) is 39.0. The van der Waals surface area contributed by atoms with Crippen LogP contribution in [0.2, 0.25) is 0 Å². The summed E-state index contributed by atoms with van der Waals surface area (Å²) < 4.78 is 23.8. The molecule has 2 heterocycles. The maximum atomic E-state index is 11.3. The van der Waals surface area contributed by atoms with Gasteiger partial charge in [-0.3, -0.25) is 9.59 Å². The van der Waals surface area contributed by atoms with Crippen LogP contribution in [-0.2, 0) is 48.1 Å². The Labute approximate surface area is 332 Å². The molecule has 2 N–H and O–H groups in total. The van der Waals surface area contributed by atoms with Gasteiger partial charge in [0, 0.05) is 26.7 Å². The van der Waals surface area contributed by atoms with E-state index in [2.05, 4.69) is 95.6 Å². The van der Waals surface area contributed by atoms with Gasteiger partial charge in [-0.05, 0) is 147 Å². The van der Waals surface area contributed by atoms with Gasteiger partial charge >= 0.3 is 0 Å². The fraction of sp³-hybridized carbons (Fsp3) is 0.458. The average Bonchev–Trinajstić information content (AvgIpc) is 4.12. The maximum Gasteiger partial charge on any atom is 0.217 e. The number of aryl methyl sites for hydroxylation is 4. The van der Waals surface area contributed by atoms with Crippen LogP contribution in [0.4, 0.5) is 0 Å². The summed E-state index contributed by atoms with van der Waals surface area (Å²) in [5.74, 6) is 5.40. The first-order chi connectivity index (χ1) is 27.1. The number of hydrogen-bond acceptors (Lipinski definition) is 6. The molecule has 0 radical (unpaired) electrons. The predicted octanol–water partition coefficient (Wildman–Crippen LogP) is 8.18. The molecule has 8 heteroatoms. The van der Waals surface area contributed by atoms with E-state index in [1.807, 2.05) is 13.8 Å². The molecule has 0 unspecified atom stereocenters. The second-order valence-corrected chi connectivity index (χ2v) is 16.4. The Hall–Kier alpha value is -4.98. The van der Waals surface area contributed by atoms with Crippen molar-refractivity contribution in [1.29, 1.82) is 0 Å². The molecule has 4 aliphatic rings. The van der Waals surface area contributed by atoms with E-state index >= 15 is 0 Å². The van der Waals surface area contributed by atoms with Crippen molar-refractivity contribution >= 4 is 11.8 Å². The van der Waals surface area contributed by atoms with Crippen molar-refractivity contribution in [2.45, 2.75) is 116 Å². The molecule has 8 rings (SSSR count). The molecule has 8 nitrogen and oxygen atoms in total. The summed E-state index contributed by atoms with van der Waals surface area (Å²) in [5, 5.41) is 5.86. The highest BCUT2D eigenvalue weighted by molar-refractivity contribution is 5.73. The van der Waals surface area contributed by atoms with Crippen LogP contribution in [0.15, 0.2) is 84.9 Å². The Morgan fingerprint density at radius 1 is 0.571 bits per heavy atom. The fourth-order valence-corrected chi connectivity index (χ4v) is 7.37. The summed E-state index contributed by atoms with van der Waals surface area (Å²) in [6, 6.07) is 30.0. The normalized spacial score (nSPS) is 18.9. The number of fused-ring (bicyclic) bond motifs is 2. The molecule has 296 valence electrons. The maximum absolute atomic E-state index is 11.3. The van der Waals surface area contributed by atoms with Gasteiger partial charge in [0.2, 0.25) is 11.8 Å². The van der Waals surface area contributed by atoms with Gasteiger partial charge in [0.1, 0.15) is 35.2 Å². The lowest BCUT2D eigenvalue weighted by Crippen LogP contribution is -2.42. The largest absolute Gasteiger partial charge is 0.493 e. The summed E-state index contributed by atoms with van der Waals surface area (Å²) >= 11 is 0. The van der Waals surface area contributed by atoms with E-state index in [0.717, 1.165) is 86.6 Å². The van der Waals surface area contributed by atoms with E-state index in [1.165, 1.54) is 59.1 Å². The minimum atomic E-state index is -0.0169. The first kappa shape index (κ1) is 39.3. The smallest absolute Gasteiger partial charge is 0.217 e. The van der Waals surface area contributed by atoms with E-state index in [0.29, 0.717) is 0 Å². The number of amides is 2. The van der Waals surface area contributed by atoms with Crippen LogP contribution in [0, 0.1) is 11.8 Å². The van der Waals surface area contributed by atoms with Crippen molar-refractivity contribution in [3.05, 3.63) is 118 Å². The Balaban J connectivity index is 0.000000172. The number of ether oxygens (including phenoxy) is 4. The van der Waals surface area contributed by atoms with Crippen molar-refractivity contribution in [2.24, 2.45) is 11.8 Å². The van der Waals surface area contributed by atoms with Crippen molar-refractivity contribution in [3.8, 4) is 23.0 Å². The molecule has 0 spiro atoms. The third-order valence-electron chi connectivity index (χ3n) is 11.3. The second-order valence-electron chi connectivity index (χ2n) is 16.4. The number of carbonyl (C=O) groups is 2. The lowest BCUT2D eigenvalue weighted by Gasteiger charge is -2.19. The zero-order valence-corrected chi connectivity index (χ0v) is 33.5. The Bertz CT molecular complexity index is 1790. The molecule has 2 saturated carbocycles. The van der Waals surface area contributed by atoms with Crippen LogP contribution in [0.5, 0.6) is 23.0 Å². The predicted molar refractivity (Wildman–Crippen MR) is 220 cm³/mol. The Kier molecular flexibility index (Phi) is 12.8. The van der Waals surface area contributed by atoms with Crippen molar-refractivity contribution < 1.29 is 28.5 Å². The molecular weight excluding hydrogens is 701 g/mol. The fourth-order valence-electron chi connectivity index (χ4n) is 7.37. The molecule has 0 aromatic heterocycles. The molecule has 2 aliphatic heterocycles. The van der Waals surface area contributed by atoms with Crippen LogP contribution in [-0.4, -0.2) is 49.3 Å².